The molecule has 2 amide bonds. The van der Waals surface area contributed by atoms with Gasteiger partial charge in [0.15, 0.2) is 0 Å². The van der Waals surface area contributed by atoms with Crippen molar-refractivity contribution < 1.29 is 9.59 Å². The van der Waals surface area contributed by atoms with Gasteiger partial charge in [-0.3, -0.25) is 9.59 Å². The van der Waals surface area contributed by atoms with E-state index in [2.05, 4.69) is 10.6 Å². The van der Waals surface area contributed by atoms with Gasteiger partial charge >= 0.3 is 0 Å². The fourth-order valence-electron chi connectivity index (χ4n) is 1.63. The van der Waals surface area contributed by atoms with Crippen LogP contribution < -0.4 is 16.4 Å². The van der Waals surface area contributed by atoms with Crippen molar-refractivity contribution in [1.82, 2.24) is 5.32 Å². The molecule has 0 heterocycles. The largest absolute Gasteiger partial charge is 0.350 e. The molecule has 1 aromatic carbocycles. The van der Waals surface area contributed by atoms with E-state index in [1.807, 2.05) is 12.1 Å². The van der Waals surface area contributed by atoms with Crippen LogP contribution in [0.5, 0.6) is 0 Å². The Bertz CT molecular complexity index is 469. The van der Waals surface area contributed by atoms with Crippen LogP contribution in [-0.2, 0) is 16.1 Å². The lowest BCUT2D eigenvalue weighted by Crippen LogP contribution is -2.42. The molecule has 1 saturated carbocycles. The molecule has 0 saturated heterocycles. The summed E-state index contributed by atoms with van der Waals surface area (Å²) in [6, 6.07) is 7.33. The van der Waals surface area contributed by atoms with E-state index < -0.39 is 5.54 Å². The maximum Gasteiger partial charge on any atom is 0.240 e. The summed E-state index contributed by atoms with van der Waals surface area (Å²) in [7, 11) is 0. The molecular formula is C13H18ClN3O2. The summed E-state index contributed by atoms with van der Waals surface area (Å²) < 4.78 is 0. The van der Waals surface area contributed by atoms with Crippen molar-refractivity contribution in [3.05, 3.63) is 29.8 Å². The highest BCUT2D eigenvalue weighted by molar-refractivity contribution is 5.89. The number of hydrogen-bond donors (Lipinski definition) is 3. The number of carbonyl (C=O) groups is 2. The van der Waals surface area contributed by atoms with Crippen LogP contribution in [0.2, 0.25) is 0 Å². The van der Waals surface area contributed by atoms with Crippen LogP contribution in [0.15, 0.2) is 24.3 Å². The van der Waals surface area contributed by atoms with E-state index in [-0.39, 0.29) is 24.2 Å². The lowest BCUT2D eigenvalue weighted by atomic mass is 10.2. The van der Waals surface area contributed by atoms with Crippen LogP contribution >= 0.6 is 12.4 Å². The smallest absolute Gasteiger partial charge is 0.240 e. The Labute approximate surface area is 118 Å². The fourth-order valence-corrected chi connectivity index (χ4v) is 1.63. The molecule has 0 spiro atoms. The lowest BCUT2D eigenvalue weighted by Gasteiger charge is -2.10. The average Bonchev–Trinajstić information content (AvgIpc) is 3.07. The zero-order chi connectivity index (χ0) is 13.2. The highest BCUT2D eigenvalue weighted by Gasteiger charge is 2.45. The van der Waals surface area contributed by atoms with E-state index in [1.165, 1.54) is 6.92 Å². The van der Waals surface area contributed by atoms with Crippen LogP contribution in [0, 0.1) is 0 Å². The van der Waals surface area contributed by atoms with Crippen molar-refractivity contribution >= 4 is 29.9 Å². The topological polar surface area (TPSA) is 84.2 Å². The van der Waals surface area contributed by atoms with Gasteiger partial charge < -0.3 is 16.4 Å². The first kappa shape index (κ1) is 15.5. The Morgan fingerprint density at radius 3 is 2.32 bits per heavy atom. The number of benzene rings is 1. The molecule has 104 valence electrons. The minimum absolute atomic E-state index is 0. The first-order valence-corrected chi connectivity index (χ1v) is 5.93. The number of rotatable bonds is 4. The molecule has 4 N–H and O–H groups in total. The van der Waals surface area contributed by atoms with E-state index in [4.69, 9.17) is 5.73 Å². The van der Waals surface area contributed by atoms with E-state index in [0.29, 0.717) is 6.54 Å². The summed E-state index contributed by atoms with van der Waals surface area (Å²) in [6.07, 6.45) is 1.53. The van der Waals surface area contributed by atoms with Gasteiger partial charge in [-0.1, -0.05) is 12.1 Å². The molecule has 1 aliphatic carbocycles. The van der Waals surface area contributed by atoms with Crippen LogP contribution in [0.1, 0.15) is 25.3 Å². The van der Waals surface area contributed by atoms with Gasteiger partial charge in [0, 0.05) is 19.2 Å². The maximum absolute atomic E-state index is 11.6. The SMILES string of the molecule is CC(=O)Nc1ccc(CNC(=O)C2(N)CC2)cc1.Cl. The van der Waals surface area contributed by atoms with Gasteiger partial charge in [0.2, 0.25) is 11.8 Å². The van der Waals surface area contributed by atoms with Gasteiger partial charge in [0.25, 0.3) is 0 Å². The maximum atomic E-state index is 11.6. The number of nitrogens with two attached hydrogens (primary N) is 1. The number of carbonyl (C=O) groups excluding carboxylic acids is 2. The van der Waals surface area contributed by atoms with Crippen LogP contribution in [0.4, 0.5) is 5.69 Å². The van der Waals surface area contributed by atoms with E-state index in [9.17, 15) is 9.59 Å². The summed E-state index contributed by atoms with van der Waals surface area (Å²) in [5.41, 5.74) is 6.86. The van der Waals surface area contributed by atoms with Crippen molar-refractivity contribution in [3.63, 3.8) is 0 Å². The molecule has 6 heteroatoms. The van der Waals surface area contributed by atoms with Gasteiger partial charge in [-0.2, -0.15) is 0 Å². The molecule has 19 heavy (non-hydrogen) atoms. The van der Waals surface area contributed by atoms with Crippen molar-refractivity contribution in [1.29, 1.82) is 0 Å². The minimum Gasteiger partial charge on any atom is -0.350 e. The summed E-state index contributed by atoms with van der Waals surface area (Å²) >= 11 is 0. The summed E-state index contributed by atoms with van der Waals surface area (Å²) in [5.74, 6) is -0.191. The predicted molar refractivity (Wildman–Crippen MR) is 76.0 cm³/mol. The third-order valence-corrected chi connectivity index (χ3v) is 2.97. The molecule has 0 radical (unpaired) electrons. The summed E-state index contributed by atoms with van der Waals surface area (Å²) in [6.45, 7) is 1.92. The van der Waals surface area contributed by atoms with Crippen molar-refractivity contribution in [2.45, 2.75) is 31.8 Å². The number of nitrogens with one attached hydrogen (secondary N) is 2. The molecule has 5 nitrogen and oxygen atoms in total. The molecule has 1 fully saturated rings. The third-order valence-electron chi connectivity index (χ3n) is 2.97. The Hall–Kier alpha value is -1.59. The quantitative estimate of drug-likeness (QED) is 0.776. The van der Waals surface area contributed by atoms with Gasteiger partial charge in [0.1, 0.15) is 0 Å². The number of hydrogen-bond acceptors (Lipinski definition) is 3. The van der Waals surface area contributed by atoms with Gasteiger partial charge in [-0.25, -0.2) is 0 Å². The summed E-state index contributed by atoms with van der Waals surface area (Å²) in [5, 5.41) is 5.50. The monoisotopic (exact) mass is 283 g/mol. The van der Waals surface area contributed by atoms with Gasteiger partial charge in [-0.05, 0) is 30.5 Å². The molecule has 0 aromatic heterocycles. The average molecular weight is 284 g/mol. The van der Waals surface area contributed by atoms with Gasteiger partial charge in [0.05, 0.1) is 5.54 Å². The van der Waals surface area contributed by atoms with Gasteiger partial charge in [-0.15, -0.1) is 12.4 Å². The normalized spacial score (nSPS) is 15.1. The third kappa shape index (κ3) is 4.22. The second kappa shape index (κ2) is 6.04. The Morgan fingerprint density at radius 2 is 1.84 bits per heavy atom. The highest BCUT2D eigenvalue weighted by Crippen LogP contribution is 2.32. The van der Waals surface area contributed by atoms with Crippen LogP contribution in [0.3, 0.4) is 0 Å². The number of amides is 2. The van der Waals surface area contributed by atoms with Crippen molar-refractivity contribution in [3.8, 4) is 0 Å². The van der Waals surface area contributed by atoms with Crippen molar-refractivity contribution in [2.24, 2.45) is 5.73 Å². The lowest BCUT2D eigenvalue weighted by molar-refractivity contribution is -0.123. The zero-order valence-corrected chi connectivity index (χ0v) is 11.5. The molecule has 0 bridgehead atoms. The molecule has 2 rings (SSSR count). The second-order valence-electron chi connectivity index (χ2n) is 4.72. The van der Waals surface area contributed by atoms with E-state index >= 15 is 0 Å². The molecule has 1 aliphatic rings. The number of anilines is 1. The number of halogens is 1. The molecular weight excluding hydrogens is 266 g/mol. The minimum atomic E-state index is -0.629. The standard InChI is InChI=1S/C13H17N3O2.ClH/c1-9(17)16-11-4-2-10(3-5-11)8-15-12(18)13(14)6-7-13;/h2-5H,6-8,14H2,1H3,(H,15,18)(H,16,17);1H. The molecule has 0 unspecified atom stereocenters. The Morgan fingerprint density at radius 1 is 1.26 bits per heavy atom. The first-order valence-electron chi connectivity index (χ1n) is 5.93. The highest BCUT2D eigenvalue weighted by atomic mass is 35.5. The molecule has 0 aliphatic heterocycles. The first-order chi connectivity index (χ1) is 8.49. The van der Waals surface area contributed by atoms with Crippen LogP contribution in [-0.4, -0.2) is 17.4 Å². The second-order valence-corrected chi connectivity index (χ2v) is 4.72. The molecule has 1 aromatic rings. The van der Waals surface area contributed by atoms with Crippen LogP contribution in [0.25, 0.3) is 0 Å². The van der Waals surface area contributed by atoms with E-state index in [0.717, 1.165) is 24.1 Å². The van der Waals surface area contributed by atoms with Crippen molar-refractivity contribution in [2.75, 3.05) is 5.32 Å². The molecule has 0 atom stereocenters. The predicted octanol–water partition coefficient (Wildman–Crippen LogP) is 1.17. The summed E-state index contributed by atoms with van der Waals surface area (Å²) in [4.78, 5) is 22.5. The van der Waals surface area contributed by atoms with E-state index in [1.54, 1.807) is 12.1 Å². The zero-order valence-electron chi connectivity index (χ0n) is 10.7. The Balaban J connectivity index is 0.00000180. The Kier molecular flexibility index (Phi) is 4.91. The fraction of sp³-hybridized carbons (Fsp3) is 0.385.